The summed E-state index contributed by atoms with van der Waals surface area (Å²) in [6.07, 6.45) is 1.52. The normalized spacial score (nSPS) is 9.95. The molecule has 2 aromatic heterocycles. The van der Waals surface area contributed by atoms with Crippen LogP contribution in [-0.4, -0.2) is 29.6 Å². The maximum absolute atomic E-state index is 12.2. The van der Waals surface area contributed by atoms with Crippen LogP contribution in [0.25, 0.3) is 0 Å². The van der Waals surface area contributed by atoms with Crippen LogP contribution in [0.4, 0.5) is 0 Å². The standard InChI is InChI=1S/C15H15NO3S/c1-11-5-7-19-14(11)15(18)16(2)9-12-8-13(20-10-12)4-3-6-17/h5,7-8,10,17H,6,9H2,1-2H3. The zero-order valence-electron chi connectivity index (χ0n) is 11.3. The fourth-order valence-electron chi connectivity index (χ4n) is 1.76. The third-order valence-electron chi connectivity index (χ3n) is 2.77. The van der Waals surface area contributed by atoms with Crippen molar-refractivity contribution in [3.8, 4) is 11.8 Å². The quantitative estimate of drug-likeness (QED) is 0.882. The van der Waals surface area contributed by atoms with E-state index in [1.54, 1.807) is 18.0 Å². The Morgan fingerprint density at radius 3 is 3.00 bits per heavy atom. The highest BCUT2D eigenvalue weighted by Crippen LogP contribution is 2.17. The highest BCUT2D eigenvalue weighted by atomic mass is 32.1. The van der Waals surface area contributed by atoms with Crippen molar-refractivity contribution in [3.05, 3.63) is 45.5 Å². The molecule has 0 unspecified atom stereocenters. The lowest BCUT2D eigenvalue weighted by atomic mass is 10.2. The number of furan rings is 1. The van der Waals surface area contributed by atoms with Crippen molar-refractivity contribution in [3.63, 3.8) is 0 Å². The summed E-state index contributed by atoms with van der Waals surface area (Å²) in [6, 6.07) is 3.69. The van der Waals surface area contributed by atoms with E-state index in [2.05, 4.69) is 11.8 Å². The predicted molar refractivity (Wildman–Crippen MR) is 77.5 cm³/mol. The van der Waals surface area contributed by atoms with Crippen molar-refractivity contribution in [2.45, 2.75) is 13.5 Å². The highest BCUT2D eigenvalue weighted by molar-refractivity contribution is 7.10. The Kier molecular flexibility index (Phi) is 4.61. The third-order valence-corrected chi connectivity index (χ3v) is 3.66. The van der Waals surface area contributed by atoms with Gasteiger partial charge in [0.2, 0.25) is 0 Å². The Morgan fingerprint density at radius 1 is 1.55 bits per heavy atom. The minimum atomic E-state index is -0.149. The van der Waals surface area contributed by atoms with Gasteiger partial charge < -0.3 is 14.4 Å². The van der Waals surface area contributed by atoms with Crippen LogP contribution in [-0.2, 0) is 6.54 Å². The van der Waals surface area contributed by atoms with E-state index >= 15 is 0 Å². The van der Waals surface area contributed by atoms with Gasteiger partial charge in [-0.25, -0.2) is 0 Å². The fourth-order valence-corrected chi connectivity index (χ4v) is 2.53. The predicted octanol–water partition coefficient (Wildman–Crippen LogP) is 2.27. The van der Waals surface area contributed by atoms with Gasteiger partial charge in [0.1, 0.15) is 6.61 Å². The van der Waals surface area contributed by atoms with E-state index in [-0.39, 0.29) is 12.5 Å². The third kappa shape index (κ3) is 3.29. The first-order valence-electron chi connectivity index (χ1n) is 6.08. The van der Waals surface area contributed by atoms with Gasteiger partial charge in [-0.05, 0) is 30.0 Å². The molecule has 104 valence electrons. The summed E-state index contributed by atoms with van der Waals surface area (Å²) in [4.78, 5) is 14.7. The first-order valence-corrected chi connectivity index (χ1v) is 6.96. The molecule has 1 N–H and O–H groups in total. The molecule has 4 nitrogen and oxygen atoms in total. The molecule has 0 aliphatic heterocycles. The van der Waals surface area contributed by atoms with Crippen molar-refractivity contribution in [2.24, 2.45) is 0 Å². The second-order valence-corrected chi connectivity index (χ2v) is 5.28. The Morgan fingerprint density at radius 2 is 2.35 bits per heavy atom. The molecule has 1 amide bonds. The topological polar surface area (TPSA) is 53.7 Å². The van der Waals surface area contributed by atoms with E-state index in [4.69, 9.17) is 9.52 Å². The fraction of sp³-hybridized carbons (Fsp3) is 0.267. The minimum absolute atomic E-state index is 0.137. The SMILES string of the molecule is Cc1ccoc1C(=O)N(C)Cc1csc(C#CCO)c1. The monoisotopic (exact) mass is 289 g/mol. The molecule has 5 heteroatoms. The Bertz CT molecular complexity index is 660. The molecule has 2 rings (SSSR count). The number of carbonyl (C=O) groups is 1. The number of carbonyl (C=O) groups excluding carboxylic acids is 1. The van der Waals surface area contributed by atoms with E-state index in [0.717, 1.165) is 16.0 Å². The summed E-state index contributed by atoms with van der Waals surface area (Å²) >= 11 is 1.50. The average Bonchev–Trinajstić information content (AvgIpc) is 3.04. The smallest absolute Gasteiger partial charge is 0.289 e. The summed E-state index contributed by atoms with van der Waals surface area (Å²) in [5.41, 5.74) is 1.85. The molecule has 0 spiro atoms. The summed E-state index contributed by atoms with van der Waals surface area (Å²) < 4.78 is 5.20. The van der Waals surface area contributed by atoms with Gasteiger partial charge in [0.25, 0.3) is 5.91 Å². The number of thiophene rings is 1. The summed E-state index contributed by atoms with van der Waals surface area (Å²) in [7, 11) is 1.74. The lowest BCUT2D eigenvalue weighted by Gasteiger charge is -2.15. The molecule has 0 aromatic carbocycles. The number of rotatable bonds is 3. The van der Waals surface area contributed by atoms with Crippen molar-refractivity contribution in [1.29, 1.82) is 0 Å². The number of hydrogen-bond donors (Lipinski definition) is 1. The molecule has 0 aliphatic carbocycles. The van der Waals surface area contributed by atoms with Gasteiger partial charge in [0, 0.05) is 19.2 Å². The van der Waals surface area contributed by atoms with E-state index in [0.29, 0.717) is 12.3 Å². The summed E-state index contributed by atoms with van der Waals surface area (Å²) in [5.74, 6) is 5.70. The molecule has 0 saturated carbocycles. The van der Waals surface area contributed by atoms with E-state index < -0.39 is 0 Å². The second-order valence-electron chi connectivity index (χ2n) is 4.37. The van der Waals surface area contributed by atoms with Gasteiger partial charge in [-0.3, -0.25) is 4.79 Å². The van der Waals surface area contributed by atoms with E-state index in [1.165, 1.54) is 17.6 Å². The molecule has 0 fully saturated rings. The number of hydrogen-bond acceptors (Lipinski definition) is 4. The first-order chi connectivity index (χ1) is 9.61. The second kappa shape index (κ2) is 6.42. The van der Waals surface area contributed by atoms with Crippen LogP contribution >= 0.6 is 11.3 Å². The van der Waals surface area contributed by atoms with Crippen LogP contribution in [0.15, 0.2) is 28.2 Å². The lowest BCUT2D eigenvalue weighted by molar-refractivity contribution is 0.0752. The first kappa shape index (κ1) is 14.4. The maximum atomic E-state index is 12.2. The molecule has 0 bridgehead atoms. The molecule has 2 aromatic rings. The highest BCUT2D eigenvalue weighted by Gasteiger charge is 2.17. The van der Waals surface area contributed by atoms with Crippen LogP contribution in [0.1, 0.15) is 26.6 Å². The van der Waals surface area contributed by atoms with Gasteiger partial charge in [-0.15, -0.1) is 11.3 Å². The molecule has 0 aliphatic rings. The van der Waals surface area contributed by atoms with Crippen LogP contribution < -0.4 is 0 Å². The number of aliphatic hydroxyl groups excluding tert-OH is 1. The lowest BCUT2D eigenvalue weighted by Crippen LogP contribution is -2.26. The summed E-state index contributed by atoms with van der Waals surface area (Å²) in [6.45, 7) is 2.19. The zero-order valence-corrected chi connectivity index (χ0v) is 12.2. The summed E-state index contributed by atoms with van der Waals surface area (Å²) in [5, 5.41) is 10.6. The number of aliphatic hydroxyl groups is 1. The van der Waals surface area contributed by atoms with Crippen LogP contribution in [0.3, 0.4) is 0 Å². The molecule has 0 saturated heterocycles. The Labute approximate surface area is 121 Å². The number of aryl methyl sites for hydroxylation is 1. The molecular weight excluding hydrogens is 274 g/mol. The van der Waals surface area contributed by atoms with Crippen molar-refractivity contribution < 1.29 is 14.3 Å². The molecular formula is C15H15NO3S. The van der Waals surface area contributed by atoms with Crippen molar-refractivity contribution in [2.75, 3.05) is 13.7 Å². The molecule has 2 heterocycles. The van der Waals surface area contributed by atoms with Gasteiger partial charge >= 0.3 is 0 Å². The van der Waals surface area contributed by atoms with Crippen LogP contribution in [0.5, 0.6) is 0 Å². The van der Waals surface area contributed by atoms with Gasteiger partial charge in [0.05, 0.1) is 11.1 Å². The largest absolute Gasteiger partial charge is 0.459 e. The maximum Gasteiger partial charge on any atom is 0.289 e. The van der Waals surface area contributed by atoms with Gasteiger partial charge in [0.15, 0.2) is 5.76 Å². The Hall–Kier alpha value is -2.03. The average molecular weight is 289 g/mol. The number of nitrogens with zero attached hydrogens (tertiary/aromatic N) is 1. The van der Waals surface area contributed by atoms with Gasteiger partial charge in [-0.1, -0.05) is 11.8 Å². The van der Waals surface area contributed by atoms with Crippen molar-refractivity contribution in [1.82, 2.24) is 4.90 Å². The van der Waals surface area contributed by atoms with E-state index in [1.807, 2.05) is 18.4 Å². The van der Waals surface area contributed by atoms with Crippen LogP contribution in [0, 0.1) is 18.8 Å². The van der Waals surface area contributed by atoms with Gasteiger partial charge in [-0.2, -0.15) is 0 Å². The zero-order chi connectivity index (χ0) is 14.5. The Balaban J connectivity index is 2.04. The minimum Gasteiger partial charge on any atom is -0.459 e. The van der Waals surface area contributed by atoms with Crippen molar-refractivity contribution >= 4 is 17.2 Å². The van der Waals surface area contributed by atoms with Crippen LogP contribution in [0.2, 0.25) is 0 Å². The molecule has 20 heavy (non-hydrogen) atoms. The molecule has 0 radical (unpaired) electrons. The number of amides is 1. The molecule has 0 atom stereocenters. The van der Waals surface area contributed by atoms with E-state index in [9.17, 15) is 4.79 Å².